The second kappa shape index (κ2) is 5.72. The molecule has 0 aliphatic heterocycles. The van der Waals surface area contributed by atoms with E-state index < -0.39 is 0 Å². The number of anilines is 1. The summed E-state index contributed by atoms with van der Waals surface area (Å²) in [5.74, 6) is -0.115. The summed E-state index contributed by atoms with van der Waals surface area (Å²) in [5.41, 5.74) is 4.47. The Labute approximate surface area is 104 Å². The van der Waals surface area contributed by atoms with Crippen molar-refractivity contribution in [2.24, 2.45) is 5.10 Å². The molecular weight excluding hydrogens is 230 g/mol. The summed E-state index contributed by atoms with van der Waals surface area (Å²) in [6.07, 6.45) is 2.97. The predicted molar refractivity (Wildman–Crippen MR) is 68.4 cm³/mol. The summed E-state index contributed by atoms with van der Waals surface area (Å²) in [6, 6.07) is 9.55. The van der Waals surface area contributed by atoms with E-state index in [1.165, 1.54) is 17.2 Å². The molecule has 0 atom stereocenters. The highest BCUT2D eigenvalue weighted by Crippen LogP contribution is 2.05. The zero-order chi connectivity index (χ0) is 12.8. The molecule has 1 heterocycles. The van der Waals surface area contributed by atoms with E-state index in [9.17, 15) is 4.79 Å². The highest BCUT2D eigenvalue weighted by molar-refractivity contribution is 6.00. The molecule has 6 nitrogen and oxygen atoms in total. The molecule has 1 N–H and O–H groups in total. The van der Waals surface area contributed by atoms with Gasteiger partial charge in [-0.15, -0.1) is 10.2 Å². The van der Waals surface area contributed by atoms with Crippen LogP contribution in [0.25, 0.3) is 0 Å². The van der Waals surface area contributed by atoms with Crippen LogP contribution < -0.4 is 5.43 Å². The lowest BCUT2D eigenvalue weighted by Gasteiger charge is -2.02. The zero-order valence-corrected chi connectivity index (χ0v) is 9.95. The van der Waals surface area contributed by atoms with Crippen molar-refractivity contribution in [1.29, 1.82) is 0 Å². The van der Waals surface area contributed by atoms with Crippen molar-refractivity contribution in [1.82, 2.24) is 14.8 Å². The third-order valence-electron chi connectivity index (χ3n) is 2.26. The van der Waals surface area contributed by atoms with Crippen molar-refractivity contribution < 1.29 is 4.79 Å². The van der Waals surface area contributed by atoms with Crippen LogP contribution in [0.4, 0.5) is 5.69 Å². The van der Waals surface area contributed by atoms with Gasteiger partial charge in [0.2, 0.25) is 5.91 Å². The Kier molecular flexibility index (Phi) is 3.80. The quantitative estimate of drug-likeness (QED) is 0.656. The smallest absolute Gasteiger partial charge is 0.238 e. The molecule has 6 heteroatoms. The van der Waals surface area contributed by atoms with Crippen LogP contribution in [-0.2, 0) is 0 Å². The van der Waals surface area contributed by atoms with E-state index in [1.54, 1.807) is 6.92 Å². The van der Waals surface area contributed by atoms with Crippen LogP contribution in [0.15, 0.2) is 48.1 Å². The monoisotopic (exact) mass is 243 g/mol. The number of hydrogen-bond acceptors (Lipinski definition) is 5. The molecule has 0 saturated heterocycles. The number of nitrogens with one attached hydrogen (secondary N) is 1. The fourth-order valence-electron chi connectivity index (χ4n) is 1.35. The van der Waals surface area contributed by atoms with E-state index in [0.29, 0.717) is 5.71 Å². The first kappa shape index (κ1) is 12.0. The number of benzene rings is 1. The topological polar surface area (TPSA) is 72.2 Å². The Morgan fingerprint density at radius 2 is 1.94 bits per heavy atom. The van der Waals surface area contributed by atoms with Crippen LogP contribution in [-0.4, -0.2) is 26.4 Å². The fourth-order valence-corrected chi connectivity index (χ4v) is 1.35. The molecule has 1 aromatic heterocycles. The first-order valence-corrected chi connectivity index (χ1v) is 5.48. The van der Waals surface area contributed by atoms with Crippen molar-refractivity contribution >= 4 is 17.3 Å². The number of hydrogen-bond donors (Lipinski definition) is 1. The number of carbonyl (C=O) groups is 1. The standard InChI is InChI=1S/C12H13N5O/c1-10(7-12(18)17-8-13-14-9-17)15-16-11-5-3-2-4-6-11/h2-6,8-9,16H,7H2,1H3/b15-10+. The summed E-state index contributed by atoms with van der Waals surface area (Å²) in [7, 11) is 0. The van der Waals surface area contributed by atoms with Gasteiger partial charge in [0.1, 0.15) is 12.7 Å². The average Bonchev–Trinajstić information content (AvgIpc) is 2.91. The minimum atomic E-state index is -0.115. The Bertz CT molecular complexity index is 533. The van der Waals surface area contributed by atoms with Crippen molar-refractivity contribution in [2.45, 2.75) is 13.3 Å². The molecule has 18 heavy (non-hydrogen) atoms. The van der Waals surface area contributed by atoms with Crippen LogP contribution in [0.2, 0.25) is 0 Å². The zero-order valence-electron chi connectivity index (χ0n) is 9.95. The van der Waals surface area contributed by atoms with Crippen molar-refractivity contribution in [3.8, 4) is 0 Å². The van der Waals surface area contributed by atoms with Crippen molar-refractivity contribution in [3.63, 3.8) is 0 Å². The average molecular weight is 243 g/mol. The van der Waals surface area contributed by atoms with E-state index in [-0.39, 0.29) is 12.3 Å². The molecule has 0 spiro atoms. The van der Waals surface area contributed by atoms with Gasteiger partial charge >= 0.3 is 0 Å². The first-order valence-electron chi connectivity index (χ1n) is 5.48. The van der Waals surface area contributed by atoms with E-state index in [1.807, 2.05) is 30.3 Å². The largest absolute Gasteiger partial charge is 0.279 e. The van der Waals surface area contributed by atoms with Crippen LogP contribution in [0.5, 0.6) is 0 Å². The fraction of sp³-hybridized carbons (Fsp3) is 0.167. The van der Waals surface area contributed by atoms with Gasteiger partial charge in [0, 0.05) is 5.71 Å². The molecule has 1 aromatic carbocycles. The number of aromatic nitrogens is 3. The molecule has 0 saturated carbocycles. The van der Waals surface area contributed by atoms with Crippen LogP contribution in [0, 0.1) is 0 Å². The Morgan fingerprint density at radius 3 is 2.61 bits per heavy atom. The molecular formula is C12H13N5O. The van der Waals surface area contributed by atoms with Crippen LogP contribution in [0.1, 0.15) is 18.1 Å². The number of rotatable bonds is 4. The van der Waals surface area contributed by atoms with Gasteiger partial charge in [-0.05, 0) is 19.1 Å². The molecule has 0 aliphatic rings. The van der Waals surface area contributed by atoms with Gasteiger partial charge in [-0.2, -0.15) is 5.10 Å². The third kappa shape index (κ3) is 3.24. The lowest BCUT2D eigenvalue weighted by Crippen LogP contribution is -2.13. The normalized spacial score (nSPS) is 11.3. The molecule has 92 valence electrons. The van der Waals surface area contributed by atoms with Crippen molar-refractivity contribution in [2.75, 3.05) is 5.43 Å². The Morgan fingerprint density at radius 1 is 1.28 bits per heavy atom. The van der Waals surface area contributed by atoms with Crippen LogP contribution >= 0.6 is 0 Å². The summed E-state index contributed by atoms with van der Waals surface area (Å²) in [5, 5.41) is 11.3. The van der Waals surface area contributed by atoms with Crippen molar-refractivity contribution in [3.05, 3.63) is 43.0 Å². The maximum absolute atomic E-state index is 11.7. The SMILES string of the molecule is C/C(CC(=O)n1cnnc1)=N\Nc1ccccc1. The number of hydrazone groups is 1. The van der Waals surface area contributed by atoms with E-state index in [4.69, 9.17) is 0 Å². The van der Waals surface area contributed by atoms with E-state index in [2.05, 4.69) is 20.7 Å². The van der Waals surface area contributed by atoms with Gasteiger partial charge < -0.3 is 0 Å². The number of nitrogens with zero attached hydrogens (tertiary/aromatic N) is 4. The van der Waals surface area contributed by atoms with Gasteiger partial charge in [-0.1, -0.05) is 18.2 Å². The molecule has 2 aromatic rings. The van der Waals surface area contributed by atoms with E-state index >= 15 is 0 Å². The van der Waals surface area contributed by atoms with Gasteiger partial charge in [-0.25, -0.2) is 0 Å². The Balaban J connectivity index is 1.92. The molecule has 0 fully saturated rings. The Hall–Kier alpha value is -2.50. The van der Waals surface area contributed by atoms with E-state index in [0.717, 1.165) is 5.69 Å². The van der Waals surface area contributed by atoms with Gasteiger partial charge in [0.25, 0.3) is 0 Å². The molecule has 2 rings (SSSR count). The second-order valence-corrected chi connectivity index (χ2v) is 3.76. The molecule has 0 bridgehead atoms. The molecule has 0 aliphatic carbocycles. The lowest BCUT2D eigenvalue weighted by molar-refractivity contribution is 0.0922. The molecule has 0 unspecified atom stereocenters. The van der Waals surface area contributed by atoms with Crippen LogP contribution in [0.3, 0.4) is 0 Å². The van der Waals surface area contributed by atoms with Gasteiger partial charge in [0.15, 0.2) is 0 Å². The summed E-state index contributed by atoms with van der Waals surface area (Å²) >= 11 is 0. The maximum atomic E-state index is 11.7. The molecule has 0 amide bonds. The highest BCUT2D eigenvalue weighted by atomic mass is 16.2. The summed E-state index contributed by atoms with van der Waals surface area (Å²) in [4.78, 5) is 11.7. The first-order chi connectivity index (χ1) is 8.75. The number of para-hydroxylation sites is 1. The number of carbonyl (C=O) groups excluding carboxylic acids is 1. The second-order valence-electron chi connectivity index (χ2n) is 3.76. The third-order valence-corrected chi connectivity index (χ3v) is 2.26. The maximum Gasteiger partial charge on any atom is 0.238 e. The van der Waals surface area contributed by atoms with Gasteiger partial charge in [-0.3, -0.25) is 14.8 Å². The highest BCUT2D eigenvalue weighted by Gasteiger charge is 2.06. The predicted octanol–water partition coefficient (Wildman–Crippen LogP) is 1.80. The summed E-state index contributed by atoms with van der Waals surface area (Å²) in [6.45, 7) is 1.79. The summed E-state index contributed by atoms with van der Waals surface area (Å²) < 4.78 is 1.33. The minimum Gasteiger partial charge on any atom is -0.279 e. The minimum absolute atomic E-state index is 0.115. The lowest BCUT2D eigenvalue weighted by atomic mass is 10.3. The van der Waals surface area contributed by atoms with Gasteiger partial charge in [0.05, 0.1) is 12.1 Å². The molecule has 0 radical (unpaired) electrons.